The molecule has 1 aliphatic rings. The summed E-state index contributed by atoms with van der Waals surface area (Å²) in [4.78, 5) is 30.3. The molecule has 2 unspecified atom stereocenters. The van der Waals surface area contributed by atoms with Gasteiger partial charge in [-0.25, -0.2) is 4.99 Å². The molecule has 3 aromatic carbocycles. The molecule has 2 heterocycles. The maximum Gasteiger partial charge on any atom is 0.270 e. The van der Waals surface area contributed by atoms with E-state index in [-0.39, 0.29) is 17.3 Å². The Bertz CT molecular complexity index is 1450. The molecule has 0 aliphatic carbocycles. The Morgan fingerprint density at radius 1 is 0.943 bits per heavy atom. The Kier molecular flexibility index (Phi) is 5.71. The molecule has 174 valence electrons. The van der Waals surface area contributed by atoms with Gasteiger partial charge < -0.3 is 9.26 Å². The summed E-state index contributed by atoms with van der Waals surface area (Å²) in [6, 6.07) is 19.6. The fraction of sp³-hybridized carbons (Fsp3) is 0.125. The van der Waals surface area contributed by atoms with E-state index in [9.17, 15) is 20.2 Å². The van der Waals surface area contributed by atoms with Gasteiger partial charge in [0.2, 0.25) is 0 Å². The first-order valence-electron chi connectivity index (χ1n) is 10.6. The molecule has 2 atom stereocenters. The van der Waals surface area contributed by atoms with E-state index >= 15 is 0 Å². The van der Waals surface area contributed by atoms with Crippen LogP contribution in [0.2, 0.25) is 0 Å². The molecule has 11 nitrogen and oxygen atoms in total. The summed E-state index contributed by atoms with van der Waals surface area (Å²) in [5, 5.41) is 26.3. The molecule has 1 aromatic heterocycles. The summed E-state index contributed by atoms with van der Waals surface area (Å²) in [6.07, 6.45) is 1.31. The van der Waals surface area contributed by atoms with Gasteiger partial charge in [-0.15, -0.1) is 0 Å². The first-order chi connectivity index (χ1) is 17.0. The van der Waals surface area contributed by atoms with Crippen molar-refractivity contribution in [2.45, 2.75) is 18.6 Å². The van der Waals surface area contributed by atoms with Crippen LogP contribution in [-0.4, -0.2) is 32.4 Å². The van der Waals surface area contributed by atoms with Crippen molar-refractivity contribution in [2.24, 2.45) is 4.99 Å². The van der Waals surface area contributed by atoms with Gasteiger partial charge in [0, 0.05) is 36.0 Å². The van der Waals surface area contributed by atoms with Crippen LogP contribution in [0.1, 0.15) is 22.9 Å². The van der Waals surface area contributed by atoms with Crippen molar-refractivity contribution in [1.29, 1.82) is 0 Å². The molecule has 0 radical (unpaired) electrons. The third kappa shape index (κ3) is 4.60. The average molecular weight is 471 g/mol. The normalized spacial score (nSPS) is 17.0. The van der Waals surface area contributed by atoms with Crippen LogP contribution in [0.5, 0.6) is 5.75 Å². The quantitative estimate of drug-likeness (QED) is 0.223. The topological polar surface area (TPSA) is 147 Å². The Labute approximate surface area is 198 Å². The van der Waals surface area contributed by atoms with Gasteiger partial charge in [-0.1, -0.05) is 41.6 Å². The average Bonchev–Trinajstić information content (AvgIpc) is 3.37. The minimum absolute atomic E-state index is 0.0415. The molecule has 0 N–H and O–H groups in total. The van der Waals surface area contributed by atoms with E-state index in [0.29, 0.717) is 29.1 Å². The molecular weight excluding hydrogens is 454 g/mol. The van der Waals surface area contributed by atoms with Crippen molar-refractivity contribution in [3.63, 3.8) is 0 Å². The van der Waals surface area contributed by atoms with Crippen molar-refractivity contribution >= 4 is 17.6 Å². The highest BCUT2D eigenvalue weighted by Crippen LogP contribution is 2.36. The summed E-state index contributed by atoms with van der Waals surface area (Å²) in [6.45, 7) is 0. The number of nitrogens with zero attached hydrogens (tertiary/aromatic N) is 5. The highest BCUT2D eigenvalue weighted by atomic mass is 16.6. The minimum atomic E-state index is -0.722. The third-order valence-corrected chi connectivity index (χ3v) is 5.53. The molecule has 1 aliphatic heterocycles. The third-order valence-electron chi connectivity index (χ3n) is 5.53. The lowest BCUT2D eigenvalue weighted by Gasteiger charge is -2.29. The minimum Gasteiger partial charge on any atom is -0.468 e. The molecular formula is C24H17N5O6. The van der Waals surface area contributed by atoms with Gasteiger partial charge >= 0.3 is 0 Å². The van der Waals surface area contributed by atoms with Crippen LogP contribution >= 0.6 is 0 Å². The van der Waals surface area contributed by atoms with Gasteiger partial charge in [-0.3, -0.25) is 20.2 Å². The van der Waals surface area contributed by atoms with Crippen molar-refractivity contribution in [3.8, 4) is 17.2 Å². The van der Waals surface area contributed by atoms with Crippen molar-refractivity contribution in [1.82, 2.24) is 10.1 Å². The van der Waals surface area contributed by atoms with E-state index < -0.39 is 22.0 Å². The Morgan fingerprint density at radius 3 is 2.49 bits per heavy atom. The van der Waals surface area contributed by atoms with Crippen LogP contribution in [0.25, 0.3) is 11.5 Å². The van der Waals surface area contributed by atoms with Crippen LogP contribution in [0.4, 0.5) is 11.4 Å². The van der Waals surface area contributed by atoms with E-state index in [1.165, 1.54) is 30.5 Å². The second kappa shape index (κ2) is 9.14. The molecule has 0 fully saturated rings. The maximum absolute atomic E-state index is 11.1. The predicted octanol–water partition coefficient (Wildman–Crippen LogP) is 4.72. The monoisotopic (exact) mass is 471 g/mol. The lowest BCUT2D eigenvalue weighted by Crippen LogP contribution is -2.30. The molecule has 0 saturated heterocycles. The van der Waals surface area contributed by atoms with Gasteiger partial charge in [0.15, 0.2) is 12.1 Å². The second-order valence-corrected chi connectivity index (χ2v) is 7.82. The number of nitro benzene ring substituents is 2. The van der Waals surface area contributed by atoms with E-state index in [4.69, 9.17) is 9.26 Å². The van der Waals surface area contributed by atoms with Crippen LogP contribution in [0.3, 0.4) is 0 Å². The van der Waals surface area contributed by atoms with Crippen LogP contribution in [0, 0.1) is 20.2 Å². The summed E-state index contributed by atoms with van der Waals surface area (Å²) in [5.41, 5.74) is 1.79. The van der Waals surface area contributed by atoms with E-state index in [1.54, 1.807) is 24.3 Å². The highest BCUT2D eigenvalue weighted by Gasteiger charge is 2.34. The summed E-state index contributed by atoms with van der Waals surface area (Å²) >= 11 is 0. The van der Waals surface area contributed by atoms with Gasteiger partial charge in [0.25, 0.3) is 17.3 Å². The van der Waals surface area contributed by atoms with E-state index in [0.717, 1.165) is 5.56 Å². The lowest BCUT2D eigenvalue weighted by molar-refractivity contribution is -0.385. The first-order valence-corrected chi connectivity index (χ1v) is 10.6. The summed E-state index contributed by atoms with van der Waals surface area (Å²) < 4.78 is 11.5. The second-order valence-electron chi connectivity index (χ2n) is 7.82. The number of aromatic nitrogens is 2. The lowest BCUT2D eigenvalue weighted by atomic mass is 9.93. The Balaban J connectivity index is 1.47. The van der Waals surface area contributed by atoms with E-state index in [1.807, 2.05) is 24.3 Å². The zero-order valence-corrected chi connectivity index (χ0v) is 18.1. The number of fused-ring (bicyclic) bond motifs is 1. The van der Waals surface area contributed by atoms with Gasteiger partial charge in [-0.2, -0.15) is 4.98 Å². The number of hydrogen-bond acceptors (Lipinski definition) is 9. The number of ether oxygens (including phenoxy) is 1. The molecule has 35 heavy (non-hydrogen) atoms. The number of aliphatic imine (C=N–C) groups is 1. The van der Waals surface area contributed by atoms with Gasteiger partial charge in [0.05, 0.1) is 15.8 Å². The zero-order valence-electron chi connectivity index (χ0n) is 18.1. The van der Waals surface area contributed by atoms with Gasteiger partial charge in [0.1, 0.15) is 5.75 Å². The fourth-order valence-electron chi connectivity index (χ4n) is 3.82. The number of nitro groups is 2. The van der Waals surface area contributed by atoms with Crippen molar-refractivity contribution in [3.05, 3.63) is 110 Å². The largest absolute Gasteiger partial charge is 0.468 e. The number of para-hydroxylation sites is 1. The predicted molar refractivity (Wildman–Crippen MR) is 124 cm³/mol. The standard InChI is InChI=1S/C24H17N5O6/c30-28(31)18-8-3-5-15(11-18)14-25-24-20(13-16-6-1-2-10-21(16)34-24)22-26-23(35-27-22)17-7-4-9-19(12-17)29(32)33/h1-12,14,20,24H,13H2. The molecule has 0 bridgehead atoms. The Hall–Kier alpha value is -4.93. The smallest absolute Gasteiger partial charge is 0.270 e. The van der Waals surface area contributed by atoms with Crippen LogP contribution in [-0.2, 0) is 6.42 Å². The fourth-order valence-corrected chi connectivity index (χ4v) is 3.82. The Morgan fingerprint density at radius 2 is 1.69 bits per heavy atom. The molecule has 5 rings (SSSR count). The zero-order chi connectivity index (χ0) is 24.4. The molecule has 4 aromatic rings. The molecule has 0 saturated carbocycles. The first kappa shape index (κ1) is 21.9. The van der Waals surface area contributed by atoms with Crippen molar-refractivity contribution in [2.75, 3.05) is 0 Å². The number of hydrogen-bond donors (Lipinski definition) is 0. The van der Waals surface area contributed by atoms with Crippen molar-refractivity contribution < 1.29 is 19.1 Å². The summed E-state index contributed by atoms with van der Waals surface area (Å²) in [5.74, 6) is 0.731. The highest BCUT2D eigenvalue weighted by molar-refractivity contribution is 5.80. The number of non-ortho nitro benzene ring substituents is 2. The molecule has 11 heteroatoms. The van der Waals surface area contributed by atoms with Gasteiger partial charge in [-0.05, 0) is 29.7 Å². The number of benzene rings is 3. The molecule has 0 amide bonds. The van der Waals surface area contributed by atoms with E-state index in [2.05, 4.69) is 15.1 Å². The van der Waals surface area contributed by atoms with Crippen LogP contribution in [0.15, 0.2) is 82.3 Å². The molecule has 0 spiro atoms. The number of rotatable bonds is 6. The summed E-state index contributed by atoms with van der Waals surface area (Å²) in [7, 11) is 0. The SMILES string of the molecule is O=[N+]([O-])c1cccc(C=NC2Oc3ccccc3CC2c2noc(-c3cccc([N+](=O)[O-])c3)n2)c1. The van der Waals surface area contributed by atoms with Crippen LogP contribution < -0.4 is 4.74 Å². The maximum atomic E-state index is 11.1.